The van der Waals surface area contributed by atoms with Crippen molar-refractivity contribution in [2.75, 3.05) is 0 Å². The zero-order valence-corrected chi connectivity index (χ0v) is 18.6. The minimum Gasteiger partial charge on any atom is -0.284 e. The molecule has 0 spiro atoms. The molecule has 4 aromatic rings. The van der Waals surface area contributed by atoms with Gasteiger partial charge in [-0.25, -0.2) is 4.98 Å². The molecule has 0 saturated heterocycles. The Morgan fingerprint density at radius 3 is 2.52 bits per heavy atom. The Kier molecular flexibility index (Phi) is 5.26. The first kappa shape index (κ1) is 19.8. The van der Waals surface area contributed by atoms with Crippen LogP contribution < -0.4 is 5.56 Å². The molecule has 0 bridgehead atoms. The summed E-state index contributed by atoms with van der Waals surface area (Å²) in [5, 5.41) is 13.6. The number of hydrogen-bond donors (Lipinski definition) is 0. The molecule has 0 aliphatic heterocycles. The minimum absolute atomic E-state index is 0.00109. The van der Waals surface area contributed by atoms with Crippen molar-refractivity contribution in [3.8, 4) is 5.69 Å². The van der Waals surface area contributed by atoms with Crippen molar-refractivity contribution >= 4 is 33.3 Å². The van der Waals surface area contributed by atoms with Gasteiger partial charge in [-0.05, 0) is 62.7 Å². The van der Waals surface area contributed by atoms with Crippen LogP contribution in [0, 0.1) is 13.8 Å². The van der Waals surface area contributed by atoms with E-state index in [1.165, 1.54) is 11.8 Å². The number of rotatable bonds is 5. The molecule has 1 aromatic carbocycles. The normalized spacial score (nSPS) is 12.8. The van der Waals surface area contributed by atoms with Gasteiger partial charge in [0.25, 0.3) is 5.56 Å². The van der Waals surface area contributed by atoms with Crippen molar-refractivity contribution in [3.05, 3.63) is 57.0 Å². The van der Waals surface area contributed by atoms with Gasteiger partial charge in [0.2, 0.25) is 0 Å². The predicted molar refractivity (Wildman–Crippen MR) is 117 cm³/mol. The van der Waals surface area contributed by atoms with Gasteiger partial charge in [-0.2, -0.15) is 4.68 Å². The van der Waals surface area contributed by atoms with Crippen LogP contribution in [0.3, 0.4) is 0 Å². The highest BCUT2D eigenvalue weighted by atomic mass is 32.2. The summed E-state index contributed by atoms with van der Waals surface area (Å²) < 4.78 is 3.51. The molecule has 3 heterocycles. The lowest BCUT2D eigenvalue weighted by atomic mass is 10.2. The molecule has 1 atom stereocenters. The van der Waals surface area contributed by atoms with Crippen molar-refractivity contribution in [1.29, 1.82) is 0 Å². The van der Waals surface area contributed by atoms with E-state index >= 15 is 0 Å². The van der Waals surface area contributed by atoms with Gasteiger partial charge in [0.05, 0.1) is 16.3 Å². The first-order chi connectivity index (χ1) is 13.9. The average molecular weight is 427 g/mol. The number of benzene rings is 1. The molecule has 0 radical (unpaired) electrons. The van der Waals surface area contributed by atoms with Crippen molar-refractivity contribution in [1.82, 2.24) is 29.8 Å². The van der Waals surface area contributed by atoms with Gasteiger partial charge in [-0.15, -0.1) is 16.4 Å². The zero-order chi connectivity index (χ0) is 20.7. The Labute approximate surface area is 176 Å². The summed E-state index contributed by atoms with van der Waals surface area (Å²) in [6.07, 6.45) is 0. The van der Waals surface area contributed by atoms with Crippen LogP contribution in [0.5, 0.6) is 0 Å². The van der Waals surface area contributed by atoms with Crippen molar-refractivity contribution < 1.29 is 0 Å². The van der Waals surface area contributed by atoms with Crippen LogP contribution in [0.25, 0.3) is 15.9 Å². The summed E-state index contributed by atoms with van der Waals surface area (Å²) in [6.45, 7) is 10.1. The lowest BCUT2D eigenvalue weighted by Crippen LogP contribution is -2.25. The van der Waals surface area contributed by atoms with Gasteiger partial charge >= 0.3 is 0 Å². The fourth-order valence-corrected chi connectivity index (χ4v) is 5.44. The van der Waals surface area contributed by atoms with Crippen LogP contribution in [-0.4, -0.2) is 29.8 Å². The molecule has 0 aliphatic carbocycles. The van der Waals surface area contributed by atoms with Gasteiger partial charge < -0.3 is 0 Å². The van der Waals surface area contributed by atoms with Gasteiger partial charge in [0, 0.05) is 10.9 Å². The van der Waals surface area contributed by atoms with Gasteiger partial charge in [-0.1, -0.05) is 30.0 Å². The second kappa shape index (κ2) is 7.72. The fraction of sp³-hybridized carbons (Fsp3) is 0.350. The van der Waals surface area contributed by atoms with Crippen LogP contribution in [0.1, 0.15) is 48.3 Å². The van der Waals surface area contributed by atoms with Crippen LogP contribution in [0.4, 0.5) is 0 Å². The zero-order valence-electron chi connectivity index (χ0n) is 16.9. The molecule has 3 aromatic heterocycles. The Morgan fingerprint density at radius 1 is 1.10 bits per heavy atom. The van der Waals surface area contributed by atoms with Crippen LogP contribution in [0.2, 0.25) is 0 Å². The van der Waals surface area contributed by atoms with E-state index in [-0.39, 0.29) is 16.9 Å². The topological polar surface area (TPSA) is 78.5 Å². The standard InChI is InChI=1S/C20H22N6OS2/c1-11(2)25-19(27)16-12(3)13(4)28-18(16)21-20(25)29-14(5)17-22-23-24-26(17)15-9-7-6-8-10-15/h6-11,14H,1-5H3/t14-/m0/s1. The molecule has 0 saturated carbocycles. The highest BCUT2D eigenvalue weighted by Crippen LogP contribution is 2.36. The maximum atomic E-state index is 13.3. The molecule has 7 nitrogen and oxygen atoms in total. The fourth-order valence-electron chi connectivity index (χ4n) is 3.24. The number of para-hydroxylation sites is 1. The lowest BCUT2D eigenvalue weighted by Gasteiger charge is -2.18. The van der Waals surface area contributed by atoms with E-state index in [4.69, 9.17) is 4.98 Å². The minimum atomic E-state index is -0.0956. The first-order valence-electron chi connectivity index (χ1n) is 9.41. The summed E-state index contributed by atoms with van der Waals surface area (Å²) in [4.78, 5) is 20.0. The maximum Gasteiger partial charge on any atom is 0.263 e. The summed E-state index contributed by atoms with van der Waals surface area (Å²) in [5.41, 5.74) is 1.94. The number of thioether (sulfide) groups is 1. The third-order valence-corrected chi connectivity index (χ3v) is 7.02. The highest BCUT2D eigenvalue weighted by molar-refractivity contribution is 7.99. The maximum absolute atomic E-state index is 13.3. The lowest BCUT2D eigenvalue weighted by molar-refractivity contribution is 0.518. The number of aromatic nitrogens is 6. The van der Waals surface area contributed by atoms with E-state index in [0.717, 1.165) is 26.3 Å². The van der Waals surface area contributed by atoms with E-state index < -0.39 is 0 Å². The van der Waals surface area contributed by atoms with Gasteiger partial charge in [-0.3, -0.25) is 9.36 Å². The largest absolute Gasteiger partial charge is 0.284 e. The van der Waals surface area contributed by atoms with Crippen LogP contribution >= 0.6 is 23.1 Å². The molecular weight excluding hydrogens is 404 g/mol. The Morgan fingerprint density at radius 2 is 1.83 bits per heavy atom. The second-order valence-corrected chi connectivity index (χ2v) is 9.68. The van der Waals surface area contributed by atoms with Crippen molar-refractivity contribution in [2.24, 2.45) is 0 Å². The van der Waals surface area contributed by atoms with Crippen LogP contribution in [0.15, 0.2) is 40.3 Å². The highest BCUT2D eigenvalue weighted by Gasteiger charge is 2.23. The molecule has 9 heteroatoms. The molecule has 150 valence electrons. The van der Waals surface area contributed by atoms with E-state index in [1.54, 1.807) is 20.6 Å². The number of nitrogens with zero attached hydrogens (tertiary/aromatic N) is 6. The van der Waals surface area contributed by atoms with Crippen LogP contribution in [-0.2, 0) is 0 Å². The van der Waals surface area contributed by atoms with Gasteiger partial charge in [0.1, 0.15) is 4.83 Å². The smallest absolute Gasteiger partial charge is 0.263 e. The number of hydrogen-bond acceptors (Lipinski definition) is 7. The molecule has 0 aliphatic rings. The summed E-state index contributed by atoms with van der Waals surface area (Å²) in [5.74, 6) is 0.712. The molecular formula is C20H22N6OS2. The monoisotopic (exact) mass is 426 g/mol. The molecule has 0 fully saturated rings. The number of tetrazole rings is 1. The number of aryl methyl sites for hydroxylation is 2. The molecule has 0 N–H and O–H groups in total. The summed E-state index contributed by atoms with van der Waals surface area (Å²) in [7, 11) is 0. The summed E-state index contributed by atoms with van der Waals surface area (Å²) in [6, 6.07) is 9.78. The third-order valence-electron chi connectivity index (χ3n) is 4.86. The second-order valence-electron chi connectivity index (χ2n) is 7.17. The molecule has 0 amide bonds. The third kappa shape index (κ3) is 3.49. The quantitative estimate of drug-likeness (QED) is 0.346. The van der Waals surface area contributed by atoms with E-state index in [9.17, 15) is 4.79 Å². The SMILES string of the molecule is Cc1sc2nc(S[C@@H](C)c3nnnn3-c3ccccc3)n(C(C)C)c(=O)c2c1C. The Bertz CT molecular complexity index is 1230. The average Bonchev–Trinajstić information content (AvgIpc) is 3.27. The van der Waals surface area contributed by atoms with E-state index in [2.05, 4.69) is 15.5 Å². The first-order valence-corrected chi connectivity index (χ1v) is 11.1. The van der Waals surface area contributed by atoms with Crippen molar-refractivity contribution in [2.45, 2.75) is 51.1 Å². The number of thiophene rings is 1. The Hall–Kier alpha value is -2.52. The van der Waals surface area contributed by atoms with E-state index in [1.807, 2.05) is 65.0 Å². The molecule has 0 unspecified atom stereocenters. The van der Waals surface area contributed by atoms with Crippen molar-refractivity contribution in [3.63, 3.8) is 0 Å². The van der Waals surface area contributed by atoms with E-state index in [0.29, 0.717) is 11.0 Å². The van der Waals surface area contributed by atoms with Gasteiger partial charge in [0.15, 0.2) is 11.0 Å². The predicted octanol–water partition coefficient (Wildman–Crippen LogP) is 4.48. The Balaban J connectivity index is 1.78. The number of fused-ring (bicyclic) bond motifs is 1. The molecule has 4 rings (SSSR count). The summed E-state index contributed by atoms with van der Waals surface area (Å²) >= 11 is 3.07. The molecule has 29 heavy (non-hydrogen) atoms.